The van der Waals surface area contributed by atoms with Crippen LogP contribution in [0.15, 0.2) is 55.0 Å². The van der Waals surface area contributed by atoms with E-state index in [1.54, 1.807) is 12.4 Å². The van der Waals surface area contributed by atoms with Crippen LogP contribution in [0.5, 0.6) is 5.75 Å². The van der Waals surface area contributed by atoms with Crippen molar-refractivity contribution in [3.8, 4) is 5.75 Å². The van der Waals surface area contributed by atoms with Crippen molar-refractivity contribution in [3.05, 3.63) is 66.1 Å². The zero-order valence-corrected chi connectivity index (χ0v) is 12.9. The molecule has 0 radical (unpaired) electrons. The van der Waals surface area contributed by atoms with Crippen molar-refractivity contribution >= 4 is 10.9 Å². The highest BCUT2D eigenvalue weighted by Gasteiger charge is 2.31. The maximum atomic E-state index is 10.8. The van der Waals surface area contributed by atoms with E-state index in [0.29, 0.717) is 11.3 Å². The van der Waals surface area contributed by atoms with Gasteiger partial charge in [-0.25, -0.2) is 0 Å². The molecule has 0 amide bonds. The number of hydrogen-bond donors (Lipinski definition) is 2. The van der Waals surface area contributed by atoms with Crippen molar-refractivity contribution < 1.29 is 10.0 Å². The molecule has 4 rings (SSSR count). The summed E-state index contributed by atoms with van der Waals surface area (Å²) in [5.41, 5.74) is 2.77. The SMILES string of the molecule is Oc1c([C@@H](c2cccnc2)[NH+]2CCCC2)ccc2cccnc12. The quantitative estimate of drug-likeness (QED) is 0.779. The average molecular weight is 306 g/mol. The number of benzene rings is 1. The second-order valence-corrected chi connectivity index (χ2v) is 6.16. The zero-order chi connectivity index (χ0) is 15.6. The summed E-state index contributed by atoms with van der Waals surface area (Å²) in [6.07, 6.45) is 7.91. The highest BCUT2D eigenvalue weighted by molar-refractivity contribution is 5.85. The van der Waals surface area contributed by atoms with Crippen molar-refractivity contribution in [2.24, 2.45) is 0 Å². The molecular weight excluding hydrogens is 286 g/mol. The molecule has 1 atom stereocenters. The van der Waals surface area contributed by atoms with Crippen LogP contribution in [0.2, 0.25) is 0 Å². The molecular formula is C19H20N3O+. The number of phenolic OH excluding ortho intramolecular Hbond substituents is 1. The number of fused-ring (bicyclic) bond motifs is 1. The van der Waals surface area contributed by atoms with Crippen LogP contribution >= 0.6 is 0 Å². The minimum Gasteiger partial charge on any atom is -0.505 e. The fourth-order valence-corrected chi connectivity index (χ4v) is 3.68. The summed E-state index contributed by atoms with van der Waals surface area (Å²) in [6.45, 7) is 2.25. The maximum Gasteiger partial charge on any atom is 0.151 e. The summed E-state index contributed by atoms with van der Waals surface area (Å²) in [7, 11) is 0. The number of aromatic hydroxyl groups is 1. The molecule has 116 valence electrons. The summed E-state index contributed by atoms with van der Waals surface area (Å²) in [6, 6.07) is 12.1. The molecule has 4 heteroatoms. The highest BCUT2D eigenvalue weighted by atomic mass is 16.3. The fourth-order valence-electron chi connectivity index (χ4n) is 3.68. The predicted molar refractivity (Wildman–Crippen MR) is 89.4 cm³/mol. The molecule has 1 saturated heterocycles. The Morgan fingerprint density at radius 2 is 1.83 bits per heavy atom. The number of quaternary nitrogens is 1. The smallest absolute Gasteiger partial charge is 0.151 e. The third-order valence-corrected chi connectivity index (χ3v) is 4.76. The van der Waals surface area contributed by atoms with Gasteiger partial charge < -0.3 is 10.0 Å². The van der Waals surface area contributed by atoms with Gasteiger partial charge in [-0.1, -0.05) is 12.1 Å². The topological polar surface area (TPSA) is 50.5 Å². The molecule has 1 aliphatic heterocycles. The Balaban J connectivity index is 1.88. The zero-order valence-electron chi connectivity index (χ0n) is 12.9. The fraction of sp³-hybridized carbons (Fsp3) is 0.263. The van der Waals surface area contributed by atoms with Crippen LogP contribution in [0.1, 0.15) is 30.0 Å². The molecule has 3 heterocycles. The van der Waals surface area contributed by atoms with Gasteiger partial charge in [0.1, 0.15) is 11.6 Å². The lowest BCUT2D eigenvalue weighted by atomic mass is 9.96. The van der Waals surface area contributed by atoms with Gasteiger partial charge in [-0.3, -0.25) is 9.97 Å². The van der Waals surface area contributed by atoms with Crippen LogP contribution in [0.3, 0.4) is 0 Å². The first-order valence-electron chi connectivity index (χ1n) is 8.15. The Morgan fingerprint density at radius 1 is 1.00 bits per heavy atom. The minimum atomic E-state index is 0.109. The van der Waals surface area contributed by atoms with Gasteiger partial charge >= 0.3 is 0 Å². The van der Waals surface area contributed by atoms with Crippen LogP contribution in [0, 0.1) is 0 Å². The number of hydrogen-bond acceptors (Lipinski definition) is 3. The van der Waals surface area contributed by atoms with Crippen molar-refractivity contribution in [2.45, 2.75) is 18.9 Å². The van der Waals surface area contributed by atoms with E-state index in [9.17, 15) is 5.11 Å². The number of pyridine rings is 2. The Morgan fingerprint density at radius 3 is 2.61 bits per heavy atom. The molecule has 0 spiro atoms. The van der Waals surface area contributed by atoms with Crippen LogP contribution in [-0.4, -0.2) is 28.2 Å². The van der Waals surface area contributed by atoms with Crippen molar-refractivity contribution in [1.82, 2.24) is 9.97 Å². The van der Waals surface area contributed by atoms with Gasteiger partial charge in [-0.2, -0.15) is 0 Å². The molecule has 2 aromatic heterocycles. The summed E-state index contributed by atoms with van der Waals surface area (Å²) in [5, 5.41) is 11.8. The molecule has 0 saturated carbocycles. The third-order valence-electron chi connectivity index (χ3n) is 4.76. The normalized spacial score (nSPS) is 16.7. The Hall–Kier alpha value is -2.46. The second-order valence-electron chi connectivity index (χ2n) is 6.16. The Bertz CT molecular complexity index is 813. The molecule has 3 aromatic rings. The molecule has 23 heavy (non-hydrogen) atoms. The third kappa shape index (κ3) is 2.55. The number of nitrogens with zero attached hydrogens (tertiary/aromatic N) is 2. The molecule has 2 N–H and O–H groups in total. The van der Waals surface area contributed by atoms with E-state index in [4.69, 9.17) is 0 Å². The molecule has 0 bridgehead atoms. The van der Waals surface area contributed by atoms with Crippen LogP contribution in [0.25, 0.3) is 10.9 Å². The average Bonchev–Trinajstić information content (AvgIpc) is 3.13. The van der Waals surface area contributed by atoms with Gasteiger partial charge in [0.25, 0.3) is 0 Å². The molecule has 1 fully saturated rings. The van der Waals surface area contributed by atoms with Crippen molar-refractivity contribution in [3.63, 3.8) is 0 Å². The molecule has 4 nitrogen and oxygen atoms in total. The summed E-state index contributed by atoms with van der Waals surface area (Å²) >= 11 is 0. The lowest BCUT2D eigenvalue weighted by molar-refractivity contribution is -0.913. The largest absolute Gasteiger partial charge is 0.505 e. The van der Waals surface area contributed by atoms with Crippen LogP contribution < -0.4 is 4.90 Å². The standard InChI is InChI=1S/C19H19N3O/c23-19-16(8-7-14-5-4-10-21-17(14)19)18(22-11-1-2-12-22)15-6-3-9-20-13-15/h3-10,13,18,23H,1-2,11-12H2/p+1/t18-/m1/s1. The van der Waals surface area contributed by atoms with Crippen molar-refractivity contribution in [2.75, 3.05) is 13.1 Å². The molecule has 1 aliphatic rings. The summed E-state index contributed by atoms with van der Waals surface area (Å²) in [4.78, 5) is 10.1. The van der Waals surface area contributed by atoms with Gasteiger partial charge in [0.15, 0.2) is 5.75 Å². The highest BCUT2D eigenvalue weighted by Crippen LogP contribution is 2.33. The van der Waals surface area contributed by atoms with E-state index in [2.05, 4.69) is 22.1 Å². The molecule has 1 aromatic carbocycles. The number of nitrogens with one attached hydrogen (secondary N) is 1. The summed E-state index contributed by atoms with van der Waals surface area (Å²) < 4.78 is 0. The van der Waals surface area contributed by atoms with E-state index in [1.807, 2.05) is 30.5 Å². The van der Waals surface area contributed by atoms with E-state index < -0.39 is 0 Å². The Labute approximate surface area is 135 Å². The first kappa shape index (κ1) is 14.2. The molecule has 0 unspecified atom stereocenters. The van der Waals surface area contributed by atoms with E-state index in [-0.39, 0.29) is 6.04 Å². The van der Waals surface area contributed by atoms with E-state index in [1.165, 1.54) is 17.7 Å². The number of rotatable bonds is 3. The van der Waals surface area contributed by atoms with Gasteiger partial charge in [0.05, 0.1) is 18.7 Å². The van der Waals surface area contributed by atoms with Gasteiger partial charge in [0.2, 0.25) is 0 Å². The first-order chi connectivity index (χ1) is 11.3. The monoisotopic (exact) mass is 306 g/mol. The van der Waals surface area contributed by atoms with Gasteiger partial charge in [-0.15, -0.1) is 0 Å². The number of likely N-dealkylation sites (tertiary alicyclic amines) is 1. The molecule has 0 aliphatic carbocycles. The van der Waals surface area contributed by atoms with Gasteiger partial charge in [0, 0.05) is 42.4 Å². The lowest BCUT2D eigenvalue weighted by Crippen LogP contribution is -3.10. The predicted octanol–water partition coefficient (Wildman–Crippen LogP) is 2.10. The lowest BCUT2D eigenvalue weighted by Gasteiger charge is -2.26. The summed E-state index contributed by atoms with van der Waals surface area (Å²) in [5.74, 6) is 0.302. The first-order valence-corrected chi connectivity index (χ1v) is 8.15. The van der Waals surface area contributed by atoms with E-state index >= 15 is 0 Å². The van der Waals surface area contributed by atoms with Crippen LogP contribution in [0.4, 0.5) is 0 Å². The second kappa shape index (κ2) is 5.97. The van der Waals surface area contributed by atoms with Gasteiger partial charge in [-0.05, 0) is 24.3 Å². The number of aromatic nitrogens is 2. The maximum absolute atomic E-state index is 10.8. The van der Waals surface area contributed by atoms with E-state index in [0.717, 1.165) is 29.6 Å². The minimum absolute atomic E-state index is 0.109. The Kier molecular flexibility index (Phi) is 3.67. The number of phenols is 1. The van der Waals surface area contributed by atoms with Crippen LogP contribution in [-0.2, 0) is 0 Å². The van der Waals surface area contributed by atoms with Crippen molar-refractivity contribution in [1.29, 1.82) is 0 Å².